The second kappa shape index (κ2) is 10.8. The molecule has 0 spiro atoms. The number of halogens is 3. The molecule has 1 saturated heterocycles. The van der Waals surface area contributed by atoms with Crippen molar-refractivity contribution in [3.63, 3.8) is 0 Å². The number of benzene rings is 2. The number of aromatic nitrogens is 2. The Morgan fingerprint density at radius 1 is 1.02 bits per heavy atom. The normalized spacial score (nSPS) is 16.4. The van der Waals surface area contributed by atoms with Crippen molar-refractivity contribution in [1.82, 2.24) is 9.78 Å². The number of hydrogen-bond donors (Lipinski definition) is 1. The van der Waals surface area contributed by atoms with E-state index >= 15 is 0 Å². The number of rotatable bonds is 6. The van der Waals surface area contributed by atoms with Gasteiger partial charge in [-0.1, -0.05) is 0 Å². The van der Waals surface area contributed by atoms with Crippen LogP contribution in [0.4, 0.5) is 23.7 Å². The third kappa shape index (κ3) is 5.43. The average Bonchev–Trinajstić information content (AvgIpc) is 3.63. The van der Waals surface area contributed by atoms with E-state index in [4.69, 9.17) is 15.2 Å². The summed E-state index contributed by atoms with van der Waals surface area (Å²) in [6.45, 7) is 0.406. The monoisotopic (exact) mass is 572 g/mol. The van der Waals surface area contributed by atoms with Gasteiger partial charge in [-0.3, -0.25) is 9.59 Å². The van der Waals surface area contributed by atoms with Crippen molar-refractivity contribution in [2.24, 2.45) is 11.7 Å². The largest absolute Gasteiger partial charge is 0.497 e. The Labute approximate surface area is 232 Å². The van der Waals surface area contributed by atoms with Crippen molar-refractivity contribution in [2.75, 3.05) is 32.2 Å². The number of hydrogen-bond acceptors (Lipinski definition) is 8. The average molecular weight is 573 g/mol. The molecule has 1 unspecified atom stereocenters. The molecule has 2 heterocycles. The van der Waals surface area contributed by atoms with Crippen molar-refractivity contribution in [2.45, 2.75) is 31.9 Å². The van der Waals surface area contributed by atoms with Gasteiger partial charge in [-0.05, 0) is 61.6 Å². The van der Waals surface area contributed by atoms with Crippen LogP contribution in [0.2, 0.25) is 0 Å². The lowest BCUT2D eigenvalue weighted by atomic mass is 10.0. The van der Waals surface area contributed by atoms with Gasteiger partial charge in [0.15, 0.2) is 0 Å². The number of fused-ring (bicyclic) bond motifs is 1. The van der Waals surface area contributed by atoms with Gasteiger partial charge in [0.1, 0.15) is 11.5 Å². The molecule has 1 atom stereocenters. The zero-order valence-electron chi connectivity index (χ0n) is 22.3. The number of methoxy groups -OCH3 is 2. The van der Waals surface area contributed by atoms with Crippen molar-refractivity contribution in [3.05, 3.63) is 63.4 Å². The van der Waals surface area contributed by atoms with Gasteiger partial charge >= 0.3 is 18.2 Å². The first-order chi connectivity index (χ1) is 19.5. The van der Waals surface area contributed by atoms with E-state index in [2.05, 4.69) is 9.84 Å². The summed E-state index contributed by atoms with van der Waals surface area (Å²) < 4.78 is 58.8. The number of anilines is 1. The molecule has 10 nitrogen and oxygen atoms in total. The number of alkyl halides is 3. The highest BCUT2D eigenvalue weighted by Crippen LogP contribution is 2.38. The standard InChI is InChI=1S/C28H27F3N4O6/c1-39-18-10-16(11-19(13-18)40-2)24-20-4-3-5-21(20)25(36)35(33-24)23-12-17(6-7-22(23)28(29,30)31)34-9-8-15(14-34)26(37)41-27(32)38/h6-7,10-13,15H,3-5,8-9,14H2,1-2H3,(H2,32,38). The smallest absolute Gasteiger partial charge is 0.418 e. The quantitative estimate of drug-likeness (QED) is 0.349. The summed E-state index contributed by atoms with van der Waals surface area (Å²) in [6, 6.07) is 8.46. The highest BCUT2D eigenvalue weighted by atomic mass is 19.4. The van der Waals surface area contributed by atoms with E-state index in [1.54, 1.807) is 23.1 Å². The van der Waals surface area contributed by atoms with Crippen LogP contribution in [0.3, 0.4) is 0 Å². The molecular weight excluding hydrogens is 545 g/mol. The summed E-state index contributed by atoms with van der Waals surface area (Å²) in [4.78, 5) is 38.4. The fraction of sp³-hybridized carbons (Fsp3) is 0.357. The number of primary amides is 1. The molecule has 0 saturated carbocycles. The molecule has 1 aliphatic heterocycles. The summed E-state index contributed by atoms with van der Waals surface area (Å²) >= 11 is 0. The third-order valence-corrected chi connectivity index (χ3v) is 7.38. The van der Waals surface area contributed by atoms with Crippen LogP contribution >= 0.6 is 0 Å². The summed E-state index contributed by atoms with van der Waals surface area (Å²) in [6.07, 6.45) is -4.09. The van der Waals surface area contributed by atoms with E-state index in [0.29, 0.717) is 71.8 Å². The Hall–Kier alpha value is -4.55. The second-order valence-electron chi connectivity index (χ2n) is 9.85. The minimum absolute atomic E-state index is 0.0955. The molecule has 13 heteroatoms. The fourth-order valence-corrected chi connectivity index (χ4v) is 5.42. The number of nitrogens with zero attached hydrogens (tertiary/aromatic N) is 3. The van der Waals surface area contributed by atoms with Crippen molar-refractivity contribution < 1.29 is 37.0 Å². The van der Waals surface area contributed by atoms with E-state index in [9.17, 15) is 27.6 Å². The molecule has 2 aliphatic rings. The lowest BCUT2D eigenvalue weighted by Gasteiger charge is -2.22. The Balaban J connectivity index is 1.65. The van der Waals surface area contributed by atoms with Gasteiger partial charge < -0.3 is 24.8 Å². The molecule has 2 aromatic carbocycles. The molecule has 5 rings (SSSR count). The Morgan fingerprint density at radius 3 is 2.34 bits per heavy atom. The van der Waals surface area contributed by atoms with Gasteiger partial charge in [-0.2, -0.15) is 23.0 Å². The lowest BCUT2D eigenvalue weighted by molar-refractivity contribution is -0.141. The molecule has 1 aliphatic carbocycles. The van der Waals surface area contributed by atoms with E-state index in [1.807, 2.05) is 0 Å². The summed E-state index contributed by atoms with van der Waals surface area (Å²) in [5.41, 5.74) is 5.18. The molecule has 1 fully saturated rings. The number of esters is 1. The Morgan fingerprint density at radius 2 is 1.71 bits per heavy atom. The van der Waals surface area contributed by atoms with E-state index < -0.39 is 41.0 Å². The zero-order chi connectivity index (χ0) is 29.5. The Kier molecular flexibility index (Phi) is 7.37. The minimum Gasteiger partial charge on any atom is -0.497 e. The van der Waals surface area contributed by atoms with Crippen LogP contribution in [0.1, 0.15) is 29.5 Å². The maximum atomic E-state index is 14.3. The molecular formula is C28H27F3N4O6. The van der Waals surface area contributed by atoms with Crippen LogP contribution < -0.4 is 25.7 Å². The first-order valence-electron chi connectivity index (χ1n) is 12.9. The molecule has 2 N–H and O–H groups in total. The van der Waals surface area contributed by atoms with Gasteiger partial charge in [-0.25, -0.2) is 4.79 Å². The van der Waals surface area contributed by atoms with Gasteiger partial charge in [0.2, 0.25) is 0 Å². The minimum atomic E-state index is -4.79. The number of carbonyl (C=O) groups is 2. The van der Waals surface area contributed by atoms with Crippen molar-refractivity contribution in [1.29, 1.82) is 0 Å². The SMILES string of the molecule is COc1cc(OC)cc(-c2nn(-c3cc(N4CCC(C(=O)OC(N)=O)C4)ccc3C(F)(F)F)c(=O)c3c2CCC3)c1. The molecule has 3 aromatic rings. The highest BCUT2D eigenvalue weighted by Gasteiger charge is 2.37. The lowest BCUT2D eigenvalue weighted by Crippen LogP contribution is -2.29. The van der Waals surface area contributed by atoms with E-state index in [-0.39, 0.29) is 6.54 Å². The van der Waals surface area contributed by atoms with Crippen LogP contribution in [0.5, 0.6) is 11.5 Å². The molecule has 1 amide bonds. The first kappa shape index (κ1) is 28.0. The molecule has 1 aromatic heterocycles. The topological polar surface area (TPSA) is 126 Å². The van der Waals surface area contributed by atoms with Crippen molar-refractivity contribution >= 4 is 17.7 Å². The van der Waals surface area contributed by atoms with Crippen molar-refractivity contribution in [3.8, 4) is 28.4 Å². The van der Waals surface area contributed by atoms with Crippen LogP contribution in [-0.4, -0.2) is 49.2 Å². The predicted octanol–water partition coefficient (Wildman–Crippen LogP) is 3.87. The first-order valence-corrected chi connectivity index (χ1v) is 12.9. The van der Waals surface area contributed by atoms with E-state index in [0.717, 1.165) is 10.7 Å². The predicted molar refractivity (Wildman–Crippen MR) is 141 cm³/mol. The zero-order valence-corrected chi connectivity index (χ0v) is 22.3. The maximum absolute atomic E-state index is 14.3. The van der Waals surface area contributed by atoms with Gasteiger partial charge in [0.05, 0.1) is 37.1 Å². The van der Waals surface area contributed by atoms with E-state index in [1.165, 1.54) is 26.4 Å². The second-order valence-corrected chi connectivity index (χ2v) is 9.85. The fourth-order valence-electron chi connectivity index (χ4n) is 5.42. The Bertz CT molecular complexity index is 1560. The van der Waals surface area contributed by atoms with Crippen LogP contribution in [0.25, 0.3) is 16.9 Å². The van der Waals surface area contributed by atoms with Gasteiger partial charge in [0, 0.05) is 36.0 Å². The number of ether oxygens (including phenoxy) is 3. The number of nitrogens with two attached hydrogens (primary N) is 1. The summed E-state index contributed by atoms with van der Waals surface area (Å²) in [5.74, 6) is -0.574. The maximum Gasteiger partial charge on any atom is 0.418 e. The number of carbonyl (C=O) groups excluding carboxylic acids is 2. The summed E-state index contributed by atoms with van der Waals surface area (Å²) in [7, 11) is 2.96. The van der Waals surface area contributed by atoms with Gasteiger partial charge in [-0.15, -0.1) is 0 Å². The third-order valence-electron chi connectivity index (χ3n) is 7.38. The molecule has 41 heavy (non-hydrogen) atoms. The summed E-state index contributed by atoms with van der Waals surface area (Å²) in [5, 5.41) is 4.50. The molecule has 0 bridgehead atoms. The van der Waals surface area contributed by atoms with Crippen LogP contribution in [-0.2, 0) is 28.5 Å². The van der Waals surface area contributed by atoms with Crippen LogP contribution in [0.15, 0.2) is 41.2 Å². The molecule has 216 valence electrons. The van der Waals surface area contributed by atoms with Crippen LogP contribution in [0, 0.1) is 5.92 Å². The number of amides is 1. The van der Waals surface area contributed by atoms with Gasteiger partial charge in [0.25, 0.3) is 5.56 Å². The molecule has 0 radical (unpaired) electrons. The highest BCUT2D eigenvalue weighted by molar-refractivity contribution is 5.85.